The van der Waals surface area contributed by atoms with Gasteiger partial charge in [-0.15, -0.1) is 3.77 Å². The number of carbonyl (C=O) groups is 1. The fraction of sp³-hybridized carbons (Fsp3) is 0.611. The second kappa shape index (κ2) is 7.79. The lowest BCUT2D eigenvalue weighted by atomic mass is 10.1. The maximum absolute atomic E-state index is 13.1. The number of hydrogen-bond acceptors (Lipinski definition) is 5. The van der Waals surface area contributed by atoms with Crippen molar-refractivity contribution in [2.45, 2.75) is 49.2 Å². The summed E-state index contributed by atoms with van der Waals surface area (Å²) in [4.78, 5) is 13.8. The predicted octanol–water partition coefficient (Wildman–Crippen LogP) is 2.20. The van der Waals surface area contributed by atoms with E-state index in [9.17, 15) is 17.4 Å². The second-order valence-electron chi connectivity index (χ2n) is 7.11. The summed E-state index contributed by atoms with van der Waals surface area (Å²) in [7, 11) is -6.96. The molecule has 0 radical (unpaired) electrons. The number of fused-ring (bicyclic) bond motifs is 1. The molecular formula is C18H26N2O5S2. The molecule has 1 saturated heterocycles. The molecule has 3 rings (SSSR count). The van der Waals surface area contributed by atoms with E-state index in [2.05, 4.69) is 3.77 Å². The highest BCUT2D eigenvalue weighted by Crippen LogP contribution is 2.29. The Morgan fingerprint density at radius 1 is 1.26 bits per heavy atom. The van der Waals surface area contributed by atoms with Crippen molar-refractivity contribution in [1.82, 2.24) is 4.90 Å². The summed E-state index contributed by atoms with van der Waals surface area (Å²) >= 11 is 0. The average Bonchev–Trinajstić information content (AvgIpc) is 3.09. The zero-order chi connectivity index (χ0) is 19.7. The molecule has 0 aliphatic carbocycles. The molecule has 1 unspecified atom stereocenters. The number of sulfonamides is 1. The lowest BCUT2D eigenvalue weighted by molar-refractivity contribution is -0.132. The normalized spacial score (nSPS) is 19.9. The molecule has 0 aromatic heterocycles. The minimum Gasteiger partial charge on any atom is -0.493 e. The van der Waals surface area contributed by atoms with Crippen molar-refractivity contribution in [3.63, 3.8) is 0 Å². The number of likely N-dealkylation sites (tertiary alicyclic amines) is 1. The van der Waals surface area contributed by atoms with Gasteiger partial charge in [0, 0.05) is 37.4 Å². The third kappa shape index (κ3) is 4.45. The Labute approximate surface area is 161 Å². The SMILES string of the molecule is CCCC(=O)N1CCC(S(C)(=O)=NS(=O)(=O)c2ccc3c(c2)CCO3)CC1. The van der Waals surface area contributed by atoms with Crippen molar-refractivity contribution in [2.75, 3.05) is 26.0 Å². The Bertz CT molecular complexity index is 940. The van der Waals surface area contributed by atoms with Crippen LogP contribution in [0.5, 0.6) is 5.75 Å². The van der Waals surface area contributed by atoms with Gasteiger partial charge in [0.15, 0.2) is 0 Å². The van der Waals surface area contributed by atoms with Gasteiger partial charge < -0.3 is 9.64 Å². The fourth-order valence-electron chi connectivity index (χ4n) is 3.54. The molecule has 27 heavy (non-hydrogen) atoms. The summed E-state index contributed by atoms with van der Waals surface area (Å²) in [5.41, 5.74) is 0.830. The smallest absolute Gasteiger partial charge is 0.290 e. The fourth-order valence-corrected chi connectivity index (χ4v) is 7.54. The van der Waals surface area contributed by atoms with E-state index >= 15 is 0 Å². The van der Waals surface area contributed by atoms with E-state index in [0.717, 1.165) is 12.0 Å². The van der Waals surface area contributed by atoms with E-state index < -0.39 is 19.8 Å². The van der Waals surface area contributed by atoms with E-state index in [0.29, 0.717) is 51.1 Å². The number of carbonyl (C=O) groups excluding carboxylic acids is 1. The lowest BCUT2D eigenvalue weighted by Crippen LogP contribution is -2.42. The van der Waals surface area contributed by atoms with Gasteiger partial charge in [0.05, 0.1) is 21.2 Å². The first kappa shape index (κ1) is 20.1. The summed E-state index contributed by atoms with van der Waals surface area (Å²) in [6.07, 6.45) is 4.37. The summed E-state index contributed by atoms with van der Waals surface area (Å²) in [6.45, 7) is 3.49. The third-order valence-corrected chi connectivity index (χ3v) is 9.61. The van der Waals surface area contributed by atoms with Gasteiger partial charge in [-0.05, 0) is 43.0 Å². The third-order valence-electron chi connectivity index (χ3n) is 5.08. The largest absolute Gasteiger partial charge is 0.493 e. The summed E-state index contributed by atoms with van der Waals surface area (Å²) in [5.74, 6) is 0.791. The Morgan fingerprint density at radius 2 is 1.96 bits per heavy atom. The van der Waals surface area contributed by atoms with Crippen LogP contribution in [0.3, 0.4) is 0 Å². The van der Waals surface area contributed by atoms with Crippen LogP contribution in [0.25, 0.3) is 0 Å². The Balaban J connectivity index is 1.77. The van der Waals surface area contributed by atoms with Gasteiger partial charge in [0.2, 0.25) is 5.91 Å². The zero-order valence-corrected chi connectivity index (χ0v) is 17.4. The van der Waals surface area contributed by atoms with Crippen molar-refractivity contribution in [1.29, 1.82) is 0 Å². The van der Waals surface area contributed by atoms with Crippen molar-refractivity contribution >= 4 is 25.7 Å². The van der Waals surface area contributed by atoms with Gasteiger partial charge >= 0.3 is 0 Å². The molecule has 2 aliphatic rings. The Morgan fingerprint density at radius 3 is 2.63 bits per heavy atom. The molecule has 0 saturated carbocycles. The molecule has 1 fully saturated rings. The molecular weight excluding hydrogens is 388 g/mol. The van der Waals surface area contributed by atoms with Gasteiger partial charge in [-0.3, -0.25) is 4.79 Å². The molecule has 2 aliphatic heterocycles. The first-order valence-electron chi connectivity index (χ1n) is 9.23. The van der Waals surface area contributed by atoms with Gasteiger partial charge in [-0.2, -0.15) is 8.42 Å². The summed E-state index contributed by atoms with van der Waals surface area (Å²) in [6, 6.07) is 4.63. The topological polar surface area (TPSA) is 93.1 Å². The van der Waals surface area contributed by atoms with Crippen molar-refractivity contribution < 1.29 is 22.2 Å². The molecule has 1 amide bonds. The molecule has 0 spiro atoms. The van der Waals surface area contributed by atoms with Crippen LogP contribution in [-0.2, 0) is 31.0 Å². The van der Waals surface area contributed by atoms with Crippen LogP contribution in [0.15, 0.2) is 26.9 Å². The minimum absolute atomic E-state index is 0.0527. The first-order valence-corrected chi connectivity index (χ1v) is 12.7. The number of benzene rings is 1. The predicted molar refractivity (Wildman–Crippen MR) is 104 cm³/mol. The molecule has 7 nitrogen and oxygen atoms in total. The molecule has 0 bridgehead atoms. The van der Waals surface area contributed by atoms with E-state index in [1.165, 1.54) is 12.3 Å². The number of hydrogen-bond donors (Lipinski definition) is 0. The number of amides is 1. The van der Waals surface area contributed by atoms with Crippen LogP contribution in [0.4, 0.5) is 0 Å². The summed E-state index contributed by atoms with van der Waals surface area (Å²) < 4.78 is 47.7. The first-order chi connectivity index (χ1) is 12.7. The van der Waals surface area contributed by atoms with E-state index in [1.807, 2.05) is 6.92 Å². The van der Waals surface area contributed by atoms with Gasteiger partial charge in [-0.1, -0.05) is 6.92 Å². The zero-order valence-electron chi connectivity index (χ0n) is 15.7. The second-order valence-corrected chi connectivity index (χ2v) is 11.5. The highest BCUT2D eigenvalue weighted by molar-refractivity contribution is 8.03. The quantitative estimate of drug-likeness (QED) is 0.736. The van der Waals surface area contributed by atoms with E-state index in [-0.39, 0.29) is 16.1 Å². The molecule has 2 heterocycles. The standard InChI is InChI=1S/C18H26N2O5S2/c1-3-4-18(21)20-10-7-15(8-11-20)26(2,22)19-27(23,24)16-5-6-17-14(13-16)9-12-25-17/h5-6,13,15H,3-4,7-12H2,1-2H3. The Kier molecular flexibility index (Phi) is 5.81. The highest BCUT2D eigenvalue weighted by Gasteiger charge is 2.30. The van der Waals surface area contributed by atoms with Gasteiger partial charge in [0.25, 0.3) is 10.0 Å². The van der Waals surface area contributed by atoms with E-state index in [4.69, 9.17) is 4.74 Å². The molecule has 150 valence electrons. The number of ether oxygens (including phenoxy) is 1. The number of rotatable bonds is 5. The molecule has 9 heteroatoms. The minimum atomic E-state index is -4.01. The maximum Gasteiger partial charge on any atom is 0.290 e. The molecule has 0 N–H and O–H groups in total. The van der Waals surface area contributed by atoms with Gasteiger partial charge in [-0.25, -0.2) is 4.21 Å². The van der Waals surface area contributed by atoms with E-state index in [1.54, 1.807) is 17.0 Å². The molecule has 1 aromatic rings. The van der Waals surface area contributed by atoms with Crippen LogP contribution in [-0.4, -0.2) is 54.6 Å². The van der Waals surface area contributed by atoms with Crippen LogP contribution in [0, 0.1) is 0 Å². The molecule has 1 aromatic carbocycles. The monoisotopic (exact) mass is 414 g/mol. The van der Waals surface area contributed by atoms with Crippen LogP contribution < -0.4 is 4.74 Å². The van der Waals surface area contributed by atoms with Gasteiger partial charge in [0.1, 0.15) is 5.75 Å². The van der Waals surface area contributed by atoms with Crippen LogP contribution in [0.1, 0.15) is 38.2 Å². The summed E-state index contributed by atoms with van der Waals surface area (Å²) in [5, 5.41) is -0.337. The average molecular weight is 415 g/mol. The lowest BCUT2D eigenvalue weighted by Gasteiger charge is -2.32. The maximum atomic E-state index is 13.1. The van der Waals surface area contributed by atoms with Crippen molar-refractivity contribution in [3.8, 4) is 5.75 Å². The van der Waals surface area contributed by atoms with Crippen LogP contribution >= 0.6 is 0 Å². The highest BCUT2D eigenvalue weighted by atomic mass is 32.3. The van der Waals surface area contributed by atoms with Crippen LogP contribution in [0.2, 0.25) is 0 Å². The molecule has 1 atom stereocenters. The number of piperidine rings is 1. The Hall–Kier alpha value is -1.61. The number of nitrogens with zero attached hydrogens (tertiary/aromatic N) is 2. The van der Waals surface area contributed by atoms with Crippen molar-refractivity contribution in [2.24, 2.45) is 3.77 Å². The van der Waals surface area contributed by atoms with Crippen molar-refractivity contribution in [3.05, 3.63) is 23.8 Å².